The molecule has 5 rings (SSSR count). The number of hydrogen-bond acceptors (Lipinski definition) is 6. The van der Waals surface area contributed by atoms with Crippen LogP contribution >= 0.6 is 23.2 Å². The van der Waals surface area contributed by atoms with E-state index < -0.39 is 11.3 Å². The summed E-state index contributed by atoms with van der Waals surface area (Å²) < 4.78 is 17.3. The van der Waals surface area contributed by atoms with Crippen molar-refractivity contribution in [2.75, 3.05) is 17.2 Å². The molecule has 11 heteroatoms. The van der Waals surface area contributed by atoms with E-state index in [2.05, 4.69) is 59.7 Å². The minimum atomic E-state index is -1.21. The van der Waals surface area contributed by atoms with Crippen LogP contribution < -0.4 is 10.6 Å². The molecule has 1 unspecified atom stereocenters. The highest BCUT2D eigenvalue weighted by atomic mass is 35.5. The zero-order chi connectivity index (χ0) is 28.2. The Bertz CT molecular complexity index is 1600. The Labute approximate surface area is 238 Å². The van der Waals surface area contributed by atoms with Crippen molar-refractivity contribution in [2.24, 2.45) is 5.41 Å². The van der Waals surface area contributed by atoms with Crippen LogP contribution in [0.15, 0.2) is 42.7 Å². The second-order valence-corrected chi connectivity index (χ2v) is 12.6. The summed E-state index contributed by atoms with van der Waals surface area (Å²) >= 11 is 13.3. The van der Waals surface area contributed by atoms with Crippen LogP contribution in [0.1, 0.15) is 57.4 Å². The summed E-state index contributed by atoms with van der Waals surface area (Å²) in [6.45, 7) is 9.05. The van der Waals surface area contributed by atoms with Gasteiger partial charge >= 0.3 is 0 Å². The number of nitrogens with one attached hydrogen (secondary N) is 2. The Kier molecular flexibility index (Phi) is 6.76. The number of anilines is 2. The van der Waals surface area contributed by atoms with Crippen molar-refractivity contribution >= 4 is 53.3 Å². The van der Waals surface area contributed by atoms with E-state index in [0.717, 1.165) is 12.8 Å². The molecule has 39 heavy (non-hydrogen) atoms. The fourth-order valence-electron chi connectivity index (χ4n) is 4.65. The molecule has 0 spiro atoms. The van der Waals surface area contributed by atoms with Crippen molar-refractivity contribution in [3.63, 3.8) is 0 Å². The maximum Gasteiger partial charge on any atom is 0.148 e. The first-order chi connectivity index (χ1) is 18.3. The number of hydrogen-bond donors (Lipinski definition) is 2. The van der Waals surface area contributed by atoms with E-state index in [1.165, 1.54) is 12.3 Å². The lowest BCUT2D eigenvalue weighted by Crippen LogP contribution is -2.39. The van der Waals surface area contributed by atoms with Gasteiger partial charge in [-0.2, -0.15) is 5.26 Å². The average Bonchev–Trinajstić information content (AvgIpc) is 3.39. The molecule has 2 heterocycles. The molecular formula is C28H29BCl2FN7. The van der Waals surface area contributed by atoms with Crippen LogP contribution in [0.2, 0.25) is 10.0 Å². The van der Waals surface area contributed by atoms with Crippen molar-refractivity contribution in [1.29, 1.82) is 5.26 Å². The van der Waals surface area contributed by atoms with Gasteiger partial charge in [0.1, 0.15) is 25.4 Å². The summed E-state index contributed by atoms with van der Waals surface area (Å²) in [4.78, 5) is 4.45. The van der Waals surface area contributed by atoms with Crippen molar-refractivity contribution in [3.8, 4) is 6.07 Å². The number of nitriles is 1. The molecule has 4 aromatic rings. The Morgan fingerprint density at radius 3 is 2.59 bits per heavy atom. The molecule has 0 radical (unpaired) electrons. The molecule has 1 aliphatic carbocycles. The quantitative estimate of drug-likeness (QED) is 0.266. The smallest absolute Gasteiger partial charge is 0.148 e. The van der Waals surface area contributed by atoms with Gasteiger partial charge in [0.05, 0.1) is 39.0 Å². The Hall–Kier alpha value is -3.35. The second-order valence-electron chi connectivity index (χ2n) is 11.8. The number of halogens is 3. The van der Waals surface area contributed by atoms with Crippen molar-refractivity contribution in [1.82, 2.24) is 20.0 Å². The molecule has 2 aromatic carbocycles. The lowest BCUT2D eigenvalue weighted by molar-refractivity contribution is 0.443. The number of benzene rings is 2. The summed E-state index contributed by atoms with van der Waals surface area (Å²) in [6.07, 6.45) is 5.36. The number of nitrogens with zero attached hydrogens (tertiary/aromatic N) is 5. The zero-order valence-electron chi connectivity index (χ0n) is 22.5. The van der Waals surface area contributed by atoms with Crippen LogP contribution in [0, 0.1) is 22.6 Å². The molecule has 0 amide bonds. The van der Waals surface area contributed by atoms with Gasteiger partial charge in [0, 0.05) is 34.4 Å². The summed E-state index contributed by atoms with van der Waals surface area (Å²) in [7, 11) is 1.82. The maximum absolute atomic E-state index is 15.4. The third kappa shape index (κ3) is 5.16. The molecule has 200 valence electrons. The van der Waals surface area contributed by atoms with Crippen molar-refractivity contribution in [3.05, 3.63) is 75.4 Å². The van der Waals surface area contributed by atoms with Crippen LogP contribution in [0.5, 0.6) is 0 Å². The number of rotatable bonds is 7. The van der Waals surface area contributed by atoms with Crippen LogP contribution in [-0.4, -0.2) is 34.4 Å². The third-order valence-corrected chi connectivity index (χ3v) is 7.83. The molecule has 2 N–H and O–H groups in total. The Morgan fingerprint density at radius 1 is 1.21 bits per heavy atom. The molecule has 0 bridgehead atoms. The first kappa shape index (κ1) is 27.2. The monoisotopic (exact) mass is 563 g/mol. The van der Waals surface area contributed by atoms with Gasteiger partial charge in [0.15, 0.2) is 0 Å². The highest BCUT2D eigenvalue weighted by Crippen LogP contribution is 2.44. The van der Waals surface area contributed by atoms with E-state index in [1.807, 2.05) is 24.8 Å². The predicted octanol–water partition coefficient (Wildman–Crippen LogP) is 6.06. The molecular weight excluding hydrogens is 535 g/mol. The molecule has 1 fully saturated rings. The number of pyridine rings is 1. The van der Waals surface area contributed by atoms with Crippen LogP contribution in [0.3, 0.4) is 0 Å². The SMILES string of the molecule is BC(Nc1cc(Cl)c2ncc(C#N)c(NCC(C)(C)C)c2c1)(c1cn(C2(C)CC2)nn1)c1c(F)cccc1Cl. The number of aromatic nitrogens is 4. The molecule has 0 saturated heterocycles. The molecule has 1 aliphatic rings. The normalized spacial score (nSPS) is 15.9. The van der Waals surface area contributed by atoms with Crippen LogP contribution in [0.25, 0.3) is 10.9 Å². The van der Waals surface area contributed by atoms with E-state index in [-0.39, 0.29) is 21.5 Å². The minimum absolute atomic E-state index is 0.0356. The van der Waals surface area contributed by atoms with E-state index in [1.54, 1.807) is 18.2 Å². The molecule has 1 atom stereocenters. The van der Waals surface area contributed by atoms with Gasteiger partial charge in [0.25, 0.3) is 0 Å². The van der Waals surface area contributed by atoms with E-state index >= 15 is 4.39 Å². The lowest BCUT2D eigenvalue weighted by atomic mass is 9.69. The maximum atomic E-state index is 15.4. The van der Waals surface area contributed by atoms with Crippen molar-refractivity contribution in [2.45, 2.75) is 51.5 Å². The van der Waals surface area contributed by atoms with Gasteiger partial charge in [-0.1, -0.05) is 55.3 Å². The molecule has 7 nitrogen and oxygen atoms in total. The second kappa shape index (κ2) is 9.69. The van der Waals surface area contributed by atoms with Gasteiger partial charge in [-0.15, -0.1) is 5.10 Å². The summed E-state index contributed by atoms with van der Waals surface area (Å²) in [5.41, 5.74) is 1.59. The summed E-state index contributed by atoms with van der Waals surface area (Å²) in [6, 6.07) is 10.4. The third-order valence-electron chi connectivity index (χ3n) is 7.23. The van der Waals surface area contributed by atoms with Gasteiger partial charge < -0.3 is 10.6 Å². The zero-order valence-corrected chi connectivity index (χ0v) is 24.0. The fourth-order valence-corrected chi connectivity index (χ4v) is 5.27. The van der Waals surface area contributed by atoms with Crippen LogP contribution in [0.4, 0.5) is 15.8 Å². The van der Waals surface area contributed by atoms with Crippen LogP contribution in [-0.2, 0) is 11.0 Å². The van der Waals surface area contributed by atoms with Gasteiger partial charge in [-0.05, 0) is 49.4 Å². The predicted molar refractivity (Wildman–Crippen MR) is 157 cm³/mol. The van der Waals surface area contributed by atoms with Crippen molar-refractivity contribution < 1.29 is 4.39 Å². The van der Waals surface area contributed by atoms with Gasteiger partial charge in [0.2, 0.25) is 0 Å². The average molecular weight is 564 g/mol. The largest absolute Gasteiger partial charge is 0.383 e. The van der Waals surface area contributed by atoms with E-state index in [4.69, 9.17) is 23.2 Å². The van der Waals surface area contributed by atoms with Gasteiger partial charge in [-0.3, -0.25) is 4.98 Å². The van der Waals surface area contributed by atoms with E-state index in [9.17, 15) is 5.26 Å². The molecule has 1 saturated carbocycles. The lowest BCUT2D eigenvalue weighted by Gasteiger charge is -2.32. The van der Waals surface area contributed by atoms with Gasteiger partial charge in [-0.25, -0.2) is 9.07 Å². The molecule has 0 aliphatic heterocycles. The summed E-state index contributed by atoms with van der Waals surface area (Å²) in [5, 5.41) is 26.8. The van der Waals surface area contributed by atoms with E-state index in [0.29, 0.717) is 45.1 Å². The highest BCUT2D eigenvalue weighted by molar-refractivity contribution is 6.36. The minimum Gasteiger partial charge on any atom is -0.383 e. The Morgan fingerprint density at radius 2 is 1.95 bits per heavy atom. The standard InChI is InChI=1S/C28H29BCl2FN7/c1-26(2,3)15-35-24-16(12-33)13-34-25-18(24)10-17(11-20(25)31)36-28(29,23-19(30)6-5-7-21(23)32)22-14-39(38-37-22)27(4)8-9-27/h5-7,10-11,13-14,36H,8-9,15,29H2,1-4H3,(H,34,35). The highest BCUT2D eigenvalue weighted by Gasteiger charge is 2.43. The number of fused-ring (bicyclic) bond motifs is 1. The topological polar surface area (TPSA) is 91.5 Å². The summed E-state index contributed by atoms with van der Waals surface area (Å²) in [5.74, 6) is -0.475. The fraction of sp³-hybridized carbons (Fsp3) is 0.357. The Balaban J connectivity index is 1.67. The first-order valence-electron chi connectivity index (χ1n) is 12.8. The first-order valence-corrected chi connectivity index (χ1v) is 13.5. The molecule has 2 aromatic heterocycles.